The summed E-state index contributed by atoms with van der Waals surface area (Å²) in [6.07, 6.45) is 3.17. The molecular formula is C18H16Cl2N2O2. The number of aromatic nitrogens is 1. The van der Waals surface area contributed by atoms with Crippen LogP contribution < -0.4 is 10.9 Å². The third-order valence-electron chi connectivity index (χ3n) is 4.03. The second-order valence-corrected chi connectivity index (χ2v) is 6.62. The number of pyridine rings is 1. The van der Waals surface area contributed by atoms with Crippen LogP contribution in [0.1, 0.15) is 29.7 Å². The molecule has 1 aliphatic heterocycles. The number of halogens is 2. The second kappa shape index (κ2) is 6.83. The van der Waals surface area contributed by atoms with Crippen LogP contribution in [0.5, 0.6) is 0 Å². The van der Waals surface area contributed by atoms with Crippen LogP contribution in [0.3, 0.4) is 0 Å². The average molecular weight is 363 g/mol. The predicted octanol–water partition coefficient (Wildman–Crippen LogP) is 3.70. The van der Waals surface area contributed by atoms with Gasteiger partial charge in [-0.25, -0.2) is 0 Å². The first-order chi connectivity index (χ1) is 11.4. The van der Waals surface area contributed by atoms with E-state index >= 15 is 0 Å². The maximum atomic E-state index is 11.9. The molecule has 0 radical (unpaired) electrons. The van der Waals surface area contributed by atoms with Crippen molar-refractivity contribution in [1.29, 1.82) is 0 Å². The van der Waals surface area contributed by atoms with Crippen LogP contribution in [0.25, 0.3) is 5.57 Å². The number of carbonyl (C=O) groups is 1. The zero-order chi connectivity index (χ0) is 17.3. The number of H-pyrrole nitrogens is 1. The number of hydrogen-bond acceptors (Lipinski definition) is 2. The molecule has 1 saturated heterocycles. The van der Waals surface area contributed by atoms with Crippen molar-refractivity contribution in [3.63, 3.8) is 0 Å². The van der Waals surface area contributed by atoms with E-state index in [1.807, 2.05) is 31.2 Å². The maximum Gasteiger partial charge on any atom is 0.267 e. The van der Waals surface area contributed by atoms with Crippen LogP contribution in [0.2, 0.25) is 10.0 Å². The van der Waals surface area contributed by atoms with Gasteiger partial charge in [-0.1, -0.05) is 41.4 Å². The number of hydrogen-bond donors (Lipinski definition) is 2. The standard InChI is InChI=1S/C18H16Cl2N2O2/c1-10-2-3-11(8-15(10)20)13(9-12-4-7-17(23)21-12)16-6-5-14(19)18(24)22-16/h2-3,5-6,8-9,12H,4,7H2,1H3,(H,21,23)(H,22,24)/b13-9+/t12-/m1/s1. The van der Waals surface area contributed by atoms with Crippen LogP contribution in [0, 0.1) is 6.92 Å². The molecule has 4 nitrogen and oxygen atoms in total. The van der Waals surface area contributed by atoms with Crippen molar-refractivity contribution in [1.82, 2.24) is 10.3 Å². The van der Waals surface area contributed by atoms with Crippen LogP contribution in [-0.4, -0.2) is 16.9 Å². The highest BCUT2D eigenvalue weighted by Gasteiger charge is 2.20. The van der Waals surface area contributed by atoms with Crippen LogP contribution in [-0.2, 0) is 4.79 Å². The largest absolute Gasteiger partial charge is 0.350 e. The van der Waals surface area contributed by atoms with Crippen molar-refractivity contribution < 1.29 is 4.79 Å². The summed E-state index contributed by atoms with van der Waals surface area (Å²) in [6, 6.07) is 8.95. The molecule has 0 aliphatic carbocycles. The van der Waals surface area contributed by atoms with Crippen molar-refractivity contribution in [3.8, 4) is 0 Å². The highest BCUT2D eigenvalue weighted by Crippen LogP contribution is 2.28. The molecule has 0 unspecified atom stereocenters. The number of rotatable bonds is 3. The van der Waals surface area contributed by atoms with Crippen molar-refractivity contribution in [2.45, 2.75) is 25.8 Å². The number of aryl methyl sites for hydroxylation is 1. The van der Waals surface area contributed by atoms with Crippen molar-refractivity contribution >= 4 is 34.7 Å². The third-order valence-corrected chi connectivity index (χ3v) is 4.74. The van der Waals surface area contributed by atoms with E-state index in [-0.39, 0.29) is 22.5 Å². The lowest BCUT2D eigenvalue weighted by Crippen LogP contribution is -2.23. The Morgan fingerprint density at radius 1 is 1.17 bits per heavy atom. The summed E-state index contributed by atoms with van der Waals surface area (Å²) in [6.45, 7) is 1.93. The molecule has 1 fully saturated rings. The molecule has 124 valence electrons. The Morgan fingerprint density at radius 3 is 2.58 bits per heavy atom. The van der Waals surface area contributed by atoms with Gasteiger partial charge in [-0.3, -0.25) is 9.59 Å². The fourth-order valence-corrected chi connectivity index (χ4v) is 2.97. The molecule has 2 aromatic rings. The predicted molar refractivity (Wildman–Crippen MR) is 96.5 cm³/mol. The van der Waals surface area contributed by atoms with Gasteiger partial charge < -0.3 is 10.3 Å². The monoisotopic (exact) mass is 362 g/mol. The van der Waals surface area contributed by atoms with Crippen LogP contribution in [0.4, 0.5) is 0 Å². The number of amides is 1. The van der Waals surface area contributed by atoms with Gasteiger partial charge in [0.05, 0.1) is 0 Å². The number of nitrogens with one attached hydrogen (secondary N) is 2. The third kappa shape index (κ3) is 3.55. The summed E-state index contributed by atoms with van der Waals surface area (Å²) in [5.74, 6) is 0.0298. The van der Waals surface area contributed by atoms with E-state index < -0.39 is 0 Å². The van der Waals surface area contributed by atoms with Gasteiger partial charge in [-0.15, -0.1) is 0 Å². The minimum atomic E-state index is -0.353. The highest BCUT2D eigenvalue weighted by molar-refractivity contribution is 6.31. The highest BCUT2D eigenvalue weighted by atomic mass is 35.5. The molecule has 24 heavy (non-hydrogen) atoms. The van der Waals surface area contributed by atoms with Crippen molar-refractivity contribution in [2.75, 3.05) is 0 Å². The topological polar surface area (TPSA) is 62.0 Å². The quantitative estimate of drug-likeness (QED) is 0.874. The zero-order valence-electron chi connectivity index (χ0n) is 13.0. The second-order valence-electron chi connectivity index (χ2n) is 5.81. The Kier molecular flexibility index (Phi) is 4.78. The molecule has 1 atom stereocenters. The smallest absolute Gasteiger partial charge is 0.267 e. The molecule has 2 heterocycles. The first-order valence-corrected chi connectivity index (χ1v) is 8.36. The van der Waals surface area contributed by atoms with Gasteiger partial charge in [-0.05, 0) is 42.7 Å². The van der Waals surface area contributed by atoms with E-state index in [2.05, 4.69) is 10.3 Å². The van der Waals surface area contributed by atoms with Gasteiger partial charge >= 0.3 is 0 Å². The zero-order valence-corrected chi connectivity index (χ0v) is 14.5. The molecule has 0 spiro atoms. The van der Waals surface area contributed by atoms with Gasteiger partial charge in [-0.2, -0.15) is 0 Å². The fraction of sp³-hybridized carbons (Fsp3) is 0.222. The van der Waals surface area contributed by atoms with Gasteiger partial charge in [0.1, 0.15) is 5.02 Å². The Bertz CT molecular complexity index is 887. The van der Waals surface area contributed by atoms with Gasteiger partial charge in [0, 0.05) is 28.8 Å². The van der Waals surface area contributed by atoms with E-state index in [4.69, 9.17) is 23.2 Å². The summed E-state index contributed by atoms with van der Waals surface area (Å²) in [7, 11) is 0. The van der Waals surface area contributed by atoms with E-state index in [1.54, 1.807) is 12.1 Å². The molecular weight excluding hydrogens is 347 g/mol. The van der Waals surface area contributed by atoms with Crippen LogP contribution in [0.15, 0.2) is 41.2 Å². The molecule has 1 amide bonds. The maximum absolute atomic E-state index is 11.9. The fourth-order valence-electron chi connectivity index (χ4n) is 2.68. The van der Waals surface area contributed by atoms with E-state index in [0.29, 0.717) is 17.1 Å². The lowest BCUT2D eigenvalue weighted by Gasteiger charge is -2.13. The molecule has 0 saturated carbocycles. The SMILES string of the molecule is Cc1ccc(/C(=C\[C@H]2CCC(=O)N2)c2ccc(Cl)c(=O)[nH]2)cc1Cl. The summed E-state index contributed by atoms with van der Waals surface area (Å²) >= 11 is 12.1. The van der Waals surface area contributed by atoms with Gasteiger partial charge in [0.15, 0.2) is 0 Å². The summed E-state index contributed by atoms with van der Waals surface area (Å²) in [5, 5.41) is 3.69. The summed E-state index contributed by atoms with van der Waals surface area (Å²) < 4.78 is 0. The van der Waals surface area contributed by atoms with Crippen LogP contribution >= 0.6 is 23.2 Å². The van der Waals surface area contributed by atoms with E-state index in [9.17, 15) is 9.59 Å². The first-order valence-electron chi connectivity index (χ1n) is 7.61. The van der Waals surface area contributed by atoms with Crippen molar-refractivity contribution in [3.05, 3.63) is 73.6 Å². The minimum Gasteiger partial charge on any atom is -0.350 e. The minimum absolute atomic E-state index is 0.0298. The number of benzene rings is 1. The van der Waals surface area contributed by atoms with E-state index in [0.717, 1.165) is 23.1 Å². The number of aromatic amines is 1. The van der Waals surface area contributed by atoms with Crippen molar-refractivity contribution in [2.24, 2.45) is 0 Å². The molecule has 3 rings (SSSR count). The lowest BCUT2D eigenvalue weighted by molar-refractivity contribution is -0.119. The van der Waals surface area contributed by atoms with Gasteiger partial charge in [0.2, 0.25) is 5.91 Å². The molecule has 6 heteroatoms. The van der Waals surface area contributed by atoms with Gasteiger partial charge in [0.25, 0.3) is 5.56 Å². The average Bonchev–Trinajstić information content (AvgIpc) is 2.96. The molecule has 1 aliphatic rings. The Hall–Kier alpha value is -2.04. The Morgan fingerprint density at radius 2 is 1.96 bits per heavy atom. The Labute approximate surface area is 149 Å². The Balaban J connectivity index is 2.10. The lowest BCUT2D eigenvalue weighted by atomic mass is 9.98. The first kappa shape index (κ1) is 16.8. The summed E-state index contributed by atoms with van der Waals surface area (Å²) in [4.78, 5) is 26.1. The molecule has 1 aromatic carbocycles. The molecule has 0 bridgehead atoms. The molecule has 2 N–H and O–H groups in total. The normalized spacial score (nSPS) is 17.9. The summed E-state index contributed by atoms with van der Waals surface area (Å²) in [5.41, 5.74) is 2.92. The van der Waals surface area contributed by atoms with E-state index in [1.165, 1.54) is 0 Å². The molecule has 1 aromatic heterocycles. The number of carbonyl (C=O) groups excluding carboxylic acids is 1.